The van der Waals surface area contributed by atoms with Gasteiger partial charge in [-0.1, -0.05) is 126 Å². The molecule has 8 atom stereocenters. The van der Waals surface area contributed by atoms with Gasteiger partial charge in [-0.25, -0.2) is 4.57 Å². The molecule has 1 fully saturated rings. The molecule has 0 radical (unpaired) electrons. The number of aliphatic hydroxyl groups is 5. The minimum absolute atomic E-state index is 0.0682. The maximum Gasteiger partial charge on any atom is 0.472 e. The predicted molar refractivity (Wildman–Crippen MR) is 230 cm³/mol. The SMILES string of the molecule is CCCCC/C=C/C/C=C/C/C=C/CCCCC(=O)OC[C@H](COP(=O)(O)OC1C(O)C(O)C(O)[C@@H](O)C1O)OC(=O)CCCCCCC/C=C/C=C/CCCCCC. The topological polar surface area (TPSA) is 210 Å². The molecular formula is C45H77O13P. The standard InChI is InChI=1S/C45H77O13P/c1-3-5-7-9-11-13-15-17-19-21-23-25-27-29-31-33-38(46)55-35-37(36-56-59(53,54)58-45-43(51)41(49)40(48)42(50)44(45)52)57-39(47)34-32-30-28-26-24-22-20-18-16-14-12-10-8-6-4-2/h11,13-14,16-20,23,25,37,40-45,48-52H,3-10,12,15,21-22,24,26-36H2,1-2H3,(H,53,54)/b13-11+,16-14+,19-17+,20-18+,25-23+/t37-,40?,41-,42?,43?,44?,45?/m1/s1. The van der Waals surface area contributed by atoms with Crippen molar-refractivity contribution in [1.29, 1.82) is 0 Å². The summed E-state index contributed by atoms with van der Waals surface area (Å²) in [6, 6.07) is 0. The summed E-state index contributed by atoms with van der Waals surface area (Å²) in [6.45, 7) is 3.18. The van der Waals surface area contributed by atoms with Gasteiger partial charge in [0, 0.05) is 12.8 Å². The van der Waals surface area contributed by atoms with Crippen LogP contribution in [0.5, 0.6) is 0 Å². The van der Waals surface area contributed by atoms with Crippen LogP contribution in [-0.4, -0.2) is 98.3 Å². The maximum atomic E-state index is 12.8. The zero-order chi connectivity index (χ0) is 43.6. The average Bonchev–Trinajstić information content (AvgIpc) is 3.21. The molecule has 0 amide bonds. The first-order valence-corrected chi connectivity index (χ1v) is 23.6. The van der Waals surface area contributed by atoms with Gasteiger partial charge < -0.3 is 39.9 Å². The molecule has 0 aromatic carbocycles. The van der Waals surface area contributed by atoms with Crippen molar-refractivity contribution >= 4 is 19.8 Å². The Morgan fingerprint density at radius 2 is 0.966 bits per heavy atom. The van der Waals surface area contributed by atoms with Crippen molar-refractivity contribution in [1.82, 2.24) is 0 Å². The second-order valence-electron chi connectivity index (χ2n) is 15.2. The van der Waals surface area contributed by atoms with E-state index in [0.29, 0.717) is 12.8 Å². The van der Waals surface area contributed by atoms with E-state index in [-0.39, 0.29) is 12.8 Å². The van der Waals surface area contributed by atoms with Gasteiger partial charge in [0.05, 0.1) is 6.61 Å². The molecule has 0 aliphatic heterocycles. The number of unbranched alkanes of at least 4 members (excludes halogenated alkanes) is 14. The van der Waals surface area contributed by atoms with Gasteiger partial charge >= 0.3 is 19.8 Å². The van der Waals surface area contributed by atoms with Crippen LogP contribution < -0.4 is 0 Å². The van der Waals surface area contributed by atoms with Crippen LogP contribution in [0, 0.1) is 0 Å². The molecule has 0 saturated heterocycles. The third kappa shape index (κ3) is 27.9. The average molecular weight is 857 g/mol. The summed E-state index contributed by atoms with van der Waals surface area (Å²) in [5.74, 6) is -1.17. The predicted octanol–water partition coefficient (Wildman–Crippen LogP) is 8.16. The molecule has 1 saturated carbocycles. The summed E-state index contributed by atoms with van der Waals surface area (Å²) < 4.78 is 33.4. The molecule has 6 N–H and O–H groups in total. The van der Waals surface area contributed by atoms with Crippen LogP contribution in [0.3, 0.4) is 0 Å². The zero-order valence-corrected chi connectivity index (χ0v) is 36.7. The smallest absolute Gasteiger partial charge is 0.462 e. The van der Waals surface area contributed by atoms with Gasteiger partial charge in [-0.2, -0.15) is 0 Å². The third-order valence-electron chi connectivity index (χ3n) is 9.86. The number of phosphoric ester groups is 1. The van der Waals surface area contributed by atoms with E-state index in [1.165, 1.54) is 44.9 Å². The molecule has 1 rings (SSSR count). The Balaban J connectivity index is 2.54. The number of hydrogen-bond donors (Lipinski definition) is 6. The van der Waals surface area contributed by atoms with Gasteiger partial charge in [0.2, 0.25) is 0 Å². The van der Waals surface area contributed by atoms with Crippen molar-refractivity contribution in [2.75, 3.05) is 13.2 Å². The Labute approximate surface area is 353 Å². The molecule has 340 valence electrons. The molecular weight excluding hydrogens is 779 g/mol. The highest BCUT2D eigenvalue weighted by Gasteiger charge is 2.51. The molecule has 14 heteroatoms. The minimum atomic E-state index is -5.13. The number of rotatable bonds is 35. The van der Waals surface area contributed by atoms with Gasteiger partial charge in [0.25, 0.3) is 0 Å². The van der Waals surface area contributed by atoms with E-state index in [2.05, 4.69) is 74.6 Å². The van der Waals surface area contributed by atoms with Crippen molar-refractivity contribution in [3.05, 3.63) is 60.8 Å². The molecule has 0 heterocycles. The number of aliphatic hydroxyl groups excluding tert-OH is 5. The van der Waals surface area contributed by atoms with E-state index in [9.17, 15) is 44.6 Å². The highest BCUT2D eigenvalue weighted by atomic mass is 31.2. The Bertz CT molecular complexity index is 1270. The van der Waals surface area contributed by atoms with E-state index in [1.54, 1.807) is 0 Å². The highest BCUT2D eigenvalue weighted by molar-refractivity contribution is 7.47. The summed E-state index contributed by atoms with van der Waals surface area (Å²) in [5.41, 5.74) is 0. The quantitative estimate of drug-likeness (QED) is 0.0117. The minimum Gasteiger partial charge on any atom is -0.462 e. The van der Waals surface area contributed by atoms with Gasteiger partial charge in [0.15, 0.2) is 6.10 Å². The van der Waals surface area contributed by atoms with Crippen LogP contribution in [0.1, 0.15) is 155 Å². The van der Waals surface area contributed by atoms with Gasteiger partial charge in [-0.3, -0.25) is 18.6 Å². The summed E-state index contributed by atoms with van der Waals surface area (Å²) in [6.07, 6.45) is 28.5. The van der Waals surface area contributed by atoms with Crippen LogP contribution in [-0.2, 0) is 32.7 Å². The van der Waals surface area contributed by atoms with Crippen LogP contribution in [0.2, 0.25) is 0 Å². The van der Waals surface area contributed by atoms with Crippen molar-refractivity contribution in [2.24, 2.45) is 0 Å². The van der Waals surface area contributed by atoms with Crippen molar-refractivity contribution < 1.29 is 63.1 Å². The number of ether oxygens (including phenoxy) is 2. The normalized spacial score (nSPS) is 22.9. The Morgan fingerprint density at radius 3 is 1.56 bits per heavy atom. The third-order valence-corrected chi connectivity index (χ3v) is 10.8. The van der Waals surface area contributed by atoms with E-state index < -0.39 is 75.7 Å². The molecule has 0 aromatic rings. The van der Waals surface area contributed by atoms with Gasteiger partial charge in [-0.05, 0) is 77.0 Å². The molecule has 6 unspecified atom stereocenters. The molecule has 0 aromatic heterocycles. The Kier molecular flexibility index (Phi) is 32.5. The van der Waals surface area contributed by atoms with Crippen LogP contribution in [0.15, 0.2) is 60.8 Å². The number of phosphoric acid groups is 1. The largest absolute Gasteiger partial charge is 0.472 e. The number of carbonyl (C=O) groups is 2. The van der Waals surface area contributed by atoms with E-state index in [0.717, 1.165) is 70.6 Å². The lowest BCUT2D eigenvalue weighted by atomic mass is 9.85. The summed E-state index contributed by atoms with van der Waals surface area (Å²) >= 11 is 0. The monoisotopic (exact) mass is 857 g/mol. The Hall–Kier alpha value is -2.45. The number of allylic oxidation sites excluding steroid dienone is 10. The molecule has 13 nitrogen and oxygen atoms in total. The molecule has 1 aliphatic carbocycles. The molecule has 59 heavy (non-hydrogen) atoms. The second-order valence-corrected chi connectivity index (χ2v) is 16.6. The van der Waals surface area contributed by atoms with E-state index >= 15 is 0 Å². The zero-order valence-electron chi connectivity index (χ0n) is 35.8. The Morgan fingerprint density at radius 1 is 0.542 bits per heavy atom. The maximum absolute atomic E-state index is 12.8. The first-order valence-electron chi connectivity index (χ1n) is 22.1. The summed E-state index contributed by atoms with van der Waals surface area (Å²) in [5, 5.41) is 50.1. The lowest BCUT2D eigenvalue weighted by Gasteiger charge is -2.41. The number of esters is 2. The van der Waals surface area contributed by atoms with E-state index in [4.69, 9.17) is 18.5 Å². The fourth-order valence-electron chi connectivity index (χ4n) is 6.22. The fraction of sp³-hybridized carbons (Fsp3) is 0.733. The van der Waals surface area contributed by atoms with Crippen molar-refractivity contribution in [3.63, 3.8) is 0 Å². The highest BCUT2D eigenvalue weighted by Crippen LogP contribution is 2.47. The first kappa shape index (κ1) is 54.6. The molecule has 0 spiro atoms. The van der Waals surface area contributed by atoms with Crippen molar-refractivity contribution in [3.8, 4) is 0 Å². The van der Waals surface area contributed by atoms with Crippen LogP contribution in [0.25, 0.3) is 0 Å². The summed E-state index contributed by atoms with van der Waals surface area (Å²) in [7, 11) is -5.13. The lowest BCUT2D eigenvalue weighted by molar-refractivity contribution is -0.220. The van der Waals surface area contributed by atoms with Crippen LogP contribution in [0.4, 0.5) is 0 Å². The summed E-state index contributed by atoms with van der Waals surface area (Å²) in [4.78, 5) is 35.6. The van der Waals surface area contributed by atoms with Crippen molar-refractivity contribution in [2.45, 2.75) is 198 Å². The lowest BCUT2D eigenvalue weighted by Crippen LogP contribution is -2.64. The number of carbonyl (C=O) groups excluding carboxylic acids is 2. The van der Waals surface area contributed by atoms with Crippen LogP contribution >= 0.6 is 7.82 Å². The first-order chi connectivity index (χ1) is 28.4. The van der Waals surface area contributed by atoms with E-state index in [1.807, 2.05) is 0 Å². The number of hydrogen-bond acceptors (Lipinski definition) is 12. The second kappa shape index (κ2) is 35.2. The molecule has 0 bridgehead atoms. The fourth-order valence-corrected chi connectivity index (χ4v) is 7.20. The molecule has 1 aliphatic rings. The van der Waals surface area contributed by atoms with Gasteiger partial charge in [-0.15, -0.1) is 0 Å². The van der Waals surface area contributed by atoms with Gasteiger partial charge in [0.1, 0.15) is 43.2 Å².